The fourth-order valence-corrected chi connectivity index (χ4v) is 8.57. The number of carbonyl (C=O) groups excluding carboxylic acids is 1. The van der Waals surface area contributed by atoms with E-state index < -0.39 is 22.1 Å². The Morgan fingerprint density at radius 3 is 2.42 bits per heavy atom. The summed E-state index contributed by atoms with van der Waals surface area (Å²) in [5.74, 6) is -0.0952. The summed E-state index contributed by atoms with van der Waals surface area (Å²) in [4.78, 5) is 16.8. The predicted molar refractivity (Wildman–Crippen MR) is 200 cm³/mol. The molecule has 17 heteroatoms. The summed E-state index contributed by atoms with van der Waals surface area (Å²) in [6.45, 7) is 1.25. The van der Waals surface area contributed by atoms with E-state index in [1.807, 2.05) is 54.7 Å². The highest BCUT2D eigenvalue weighted by Gasteiger charge is 2.31. The Balaban J connectivity index is 1.15. The maximum Gasteiger partial charge on any atom is 0.573 e. The normalized spacial score (nSPS) is 14.5. The van der Waals surface area contributed by atoms with Crippen LogP contribution in [0, 0.1) is 0 Å². The first-order valence-electron chi connectivity index (χ1n) is 17.1. The highest BCUT2D eigenvalue weighted by molar-refractivity contribution is 7.99. The smallest absolute Gasteiger partial charge is 0.497 e. The van der Waals surface area contributed by atoms with Crippen molar-refractivity contribution in [1.29, 1.82) is 0 Å². The number of rotatable bonds is 13. The number of morpholine rings is 1. The van der Waals surface area contributed by atoms with Gasteiger partial charge in [0.05, 0.1) is 31.0 Å². The van der Waals surface area contributed by atoms with Crippen LogP contribution in [0.2, 0.25) is 0 Å². The number of fused-ring (bicyclic) bond motifs is 1. The zero-order chi connectivity index (χ0) is 38.6. The molecule has 1 aliphatic heterocycles. The lowest BCUT2D eigenvalue weighted by Gasteiger charge is -2.26. The number of carbonyl (C=O) groups is 1. The number of sulfonamides is 1. The number of aromatic nitrogens is 4. The van der Waals surface area contributed by atoms with Crippen molar-refractivity contribution in [3.8, 4) is 28.6 Å². The number of nitrogens with zero attached hydrogens (tertiary/aromatic N) is 4. The van der Waals surface area contributed by atoms with E-state index in [0.29, 0.717) is 17.0 Å². The number of amides is 1. The van der Waals surface area contributed by atoms with Crippen molar-refractivity contribution in [2.45, 2.75) is 22.3 Å². The molecule has 1 amide bonds. The van der Waals surface area contributed by atoms with Crippen LogP contribution in [0.1, 0.15) is 17.0 Å². The molecule has 0 saturated carbocycles. The summed E-state index contributed by atoms with van der Waals surface area (Å²) < 4.78 is 83.4. The van der Waals surface area contributed by atoms with Crippen LogP contribution < -0.4 is 14.8 Å². The number of aromatic amines is 1. The minimum absolute atomic E-state index is 0.0329. The van der Waals surface area contributed by atoms with Gasteiger partial charge in [0.15, 0.2) is 11.0 Å². The largest absolute Gasteiger partial charge is 0.573 e. The van der Waals surface area contributed by atoms with Crippen molar-refractivity contribution in [3.05, 3.63) is 114 Å². The molecule has 1 saturated heterocycles. The highest BCUT2D eigenvalue weighted by atomic mass is 32.2. The van der Waals surface area contributed by atoms with Gasteiger partial charge in [-0.05, 0) is 65.7 Å². The van der Waals surface area contributed by atoms with E-state index in [1.165, 1.54) is 28.6 Å². The second kappa shape index (κ2) is 16.2. The number of H-pyrrole nitrogens is 1. The number of benzene rings is 4. The van der Waals surface area contributed by atoms with Gasteiger partial charge in [0.1, 0.15) is 11.5 Å². The molecule has 55 heavy (non-hydrogen) atoms. The third-order valence-corrected chi connectivity index (χ3v) is 11.8. The van der Waals surface area contributed by atoms with Crippen LogP contribution in [0.15, 0.2) is 113 Å². The Kier molecular flexibility index (Phi) is 11.1. The number of hydrogen-bond donors (Lipinski definition) is 2. The maximum atomic E-state index is 13.5. The van der Waals surface area contributed by atoms with Crippen LogP contribution in [0.4, 0.5) is 13.2 Å². The van der Waals surface area contributed by atoms with Crippen molar-refractivity contribution in [2.75, 3.05) is 45.7 Å². The lowest BCUT2D eigenvalue weighted by molar-refractivity contribution is -0.274. The van der Waals surface area contributed by atoms with Crippen LogP contribution in [0.3, 0.4) is 0 Å². The molecule has 0 spiro atoms. The summed E-state index contributed by atoms with van der Waals surface area (Å²) in [6, 6.07) is 26.9. The molecule has 1 fully saturated rings. The Bertz CT molecular complexity index is 2380. The van der Waals surface area contributed by atoms with Crippen molar-refractivity contribution in [2.24, 2.45) is 0 Å². The number of hydrogen-bond acceptors (Lipinski definition) is 9. The van der Waals surface area contributed by atoms with Gasteiger partial charge in [-0.25, -0.2) is 8.42 Å². The van der Waals surface area contributed by atoms with E-state index in [0.717, 1.165) is 45.9 Å². The van der Waals surface area contributed by atoms with Crippen LogP contribution in [-0.4, -0.2) is 90.5 Å². The van der Waals surface area contributed by atoms with Crippen LogP contribution >= 0.6 is 11.8 Å². The second-order valence-corrected chi connectivity index (χ2v) is 15.3. The van der Waals surface area contributed by atoms with Gasteiger partial charge < -0.3 is 24.5 Å². The average Bonchev–Trinajstić information content (AvgIpc) is 3.82. The number of halogens is 3. The number of ether oxygens (including phenoxy) is 3. The third kappa shape index (κ3) is 8.64. The Labute approximate surface area is 318 Å². The number of para-hydroxylation sites is 1. The van der Waals surface area contributed by atoms with Gasteiger partial charge in [0.2, 0.25) is 15.9 Å². The van der Waals surface area contributed by atoms with Gasteiger partial charge in [0.25, 0.3) is 0 Å². The zero-order valence-electron chi connectivity index (χ0n) is 29.3. The molecule has 1 atom stereocenters. The number of alkyl halides is 3. The van der Waals surface area contributed by atoms with Crippen molar-refractivity contribution in [3.63, 3.8) is 0 Å². The Morgan fingerprint density at radius 2 is 1.69 bits per heavy atom. The third-order valence-electron chi connectivity index (χ3n) is 9.01. The van der Waals surface area contributed by atoms with E-state index >= 15 is 0 Å². The molecule has 1 unspecified atom stereocenters. The molecule has 3 heterocycles. The highest BCUT2D eigenvalue weighted by Crippen LogP contribution is 2.34. The molecule has 6 aromatic rings. The molecule has 7 rings (SSSR count). The van der Waals surface area contributed by atoms with Gasteiger partial charge in [-0.15, -0.1) is 23.4 Å². The molecule has 0 radical (unpaired) electrons. The molecule has 12 nitrogen and oxygen atoms in total. The molecular formula is C38H35F3N6O6S2. The summed E-state index contributed by atoms with van der Waals surface area (Å²) >= 11 is 1.07. The molecule has 1 aliphatic rings. The summed E-state index contributed by atoms with van der Waals surface area (Å²) in [6.07, 6.45) is -2.94. The van der Waals surface area contributed by atoms with Crippen LogP contribution in [-0.2, 0) is 19.6 Å². The average molecular weight is 793 g/mol. The first kappa shape index (κ1) is 37.9. The van der Waals surface area contributed by atoms with E-state index in [4.69, 9.17) is 9.47 Å². The summed E-state index contributed by atoms with van der Waals surface area (Å²) in [7, 11) is -2.27. The van der Waals surface area contributed by atoms with E-state index in [-0.39, 0.29) is 66.3 Å². The van der Waals surface area contributed by atoms with Gasteiger partial charge in [0, 0.05) is 53.9 Å². The predicted octanol–water partition coefficient (Wildman–Crippen LogP) is 6.38. The standard InChI is InChI=1S/C38H35F3N6O6S2/c1-51-28-13-9-25(10-14-28)32(33-23-42-34-8-3-2-7-31(33)34)22-43-35(48)24-54-37-45-44-36(47(37)27-11-15-29(16-12-27)53-38(39,40)41)26-5-4-6-30(21-26)55(49,50)46-17-19-52-20-18-46/h2-16,21,23,32,42H,17-20,22,24H2,1H3,(H,43,48). The minimum atomic E-state index is -4.88. The quantitative estimate of drug-likeness (QED) is 0.128. The van der Waals surface area contributed by atoms with Crippen molar-refractivity contribution < 1.29 is 40.6 Å². The first-order chi connectivity index (χ1) is 26.5. The van der Waals surface area contributed by atoms with E-state index in [9.17, 15) is 26.4 Å². The van der Waals surface area contributed by atoms with Crippen molar-refractivity contribution in [1.82, 2.24) is 29.4 Å². The topological polar surface area (TPSA) is 141 Å². The molecule has 286 valence electrons. The lowest BCUT2D eigenvalue weighted by atomic mass is 9.91. The first-order valence-corrected chi connectivity index (χ1v) is 19.5. The minimum Gasteiger partial charge on any atom is -0.497 e. The fraction of sp³-hybridized carbons (Fsp3) is 0.237. The number of methoxy groups -OCH3 is 1. The SMILES string of the molecule is COc1ccc(C(CNC(=O)CSc2nnc(-c3cccc(S(=O)(=O)N4CCOCC4)c3)n2-c2ccc(OC(F)(F)F)cc2)c2c[nH]c3ccccc23)cc1. The summed E-state index contributed by atoms with van der Waals surface area (Å²) in [5, 5.41) is 13.0. The molecule has 2 N–H and O–H groups in total. The maximum absolute atomic E-state index is 13.5. The second-order valence-electron chi connectivity index (χ2n) is 12.4. The number of nitrogens with one attached hydrogen (secondary N) is 2. The molecular weight excluding hydrogens is 758 g/mol. The number of thioether (sulfide) groups is 1. The van der Waals surface area contributed by atoms with Gasteiger partial charge in [-0.2, -0.15) is 4.31 Å². The van der Waals surface area contributed by atoms with E-state index in [2.05, 4.69) is 25.2 Å². The molecule has 0 aliphatic carbocycles. The fourth-order valence-electron chi connectivity index (χ4n) is 6.33. The summed E-state index contributed by atoms with van der Waals surface area (Å²) in [5.41, 5.74) is 3.69. The van der Waals surface area contributed by atoms with Gasteiger partial charge in [-0.3, -0.25) is 9.36 Å². The Hall–Kier alpha value is -5.36. The molecule has 0 bridgehead atoms. The van der Waals surface area contributed by atoms with Gasteiger partial charge in [-0.1, -0.05) is 54.2 Å². The monoisotopic (exact) mass is 792 g/mol. The lowest BCUT2D eigenvalue weighted by Crippen LogP contribution is -2.40. The molecule has 4 aromatic carbocycles. The zero-order valence-corrected chi connectivity index (χ0v) is 31.0. The van der Waals surface area contributed by atoms with Crippen LogP contribution in [0.25, 0.3) is 28.0 Å². The van der Waals surface area contributed by atoms with Crippen molar-refractivity contribution >= 4 is 38.6 Å². The van der Waals surface area contributed by atoms with E-state index in [1.54, 1.807) is 23.8 Å². The van der Waals surface area contributed by atoms with Crippen LogP contribution in [0.5, 0.6) is 11.5 Å². The molecule has 2 aromatic heterocycles. The Morgan fingerprint density at radius 1 is 0.964 bits per heavy atom. The van der Waals surface area contributed by atoms with Gasteiger partial charge >= 0.3 is 6.36 Å².